The van der Waals surface area contributed by atoms with Crippen LogP contribution in [0.1, 0.15) is 6.92 Å². The Morgan fingerprint density at radius 1 is 1.64 bits per heavy atom. The highest BCUT2D eigenvalue weighted by Crippen LogP contribution is 2.34. The Labute approximate surface area is 60.4 Å². The second kappa shape index (κ2) is 2.10. The number of rotatable bonds is 0. The number of aliphatic hydroxyl groups is 1. The van der Waals surface area contributed by atoms with Crippen LogP contribution in [0.25, 0.3) is 0 Å². The van der Waals surface area contributed by atoms with Crippen molar-refractivity contribution in [3.05, 3.63) is 0 Å². The molecule has 0 amide bonds. The van der Waals surface area contributed by atoms with Gasteiger partial charge < -0.3 is 9.94 Å². The van der Waals surface area contributed by atoms with Crippen LogP contribution in [0.3, 0.4) is 0 Å². The van der Waals surface area contributed by atoms with Gasteiger partial charge in [0.2, 0.25) is 5.60 Å². The summed E-state index contributed by atoms with van der Waals surface area (Å²) in [4.78, 5) is 4.12. The van der Waals surface area contributed by atoms with Crippen molar-refractivity contribution >= 4 is 5.71 Å². The van der Waals surface area contributed by atoms with Crippen LogP contribution in [0, 0.1) is 0 Å². The molecule has 0 bridgehead atoms. The van der Waals surface area contributed by atoms with E-state index in [1.807, 2.05) is 0 Å². The van der Waals surface area contributed by atoms with Crippen LogP contribution < -0.4 is 0 Å². The van der Waals surface area contributed by atoms with Crippen molar-refractivity contribution in [3.63, 3.8) is 0 Å². The van der Waals surface area contributed by atoms with Gasteiger partial charge in [0, 0.05) is 0 Å². The summed E-state index contributed by atoms with van der Waals surface area (Å²) in [6.45, 7) is 0.225. The molecule has 1 N–H and O–H groups in total. The van der Waals surface area contributed by atoms with Gasteiger partial charge in [-0.25, -0.2) is 0 Å². The Balaban J connectivity index is 2.92. The smallest absolute Gasteiger partial charge is 0.392 e. The van der Waals surface area contributed by atoms with E-state index in [2.05, 4.69) is 9.99 Å². The molecule has 0 saturated carbocycles. The van der Waals surface area contributed by atoms with Crippen LogP contribution >= 0.6 is 0 Å². The zero-order valence-corrected chi connectivity index (χ0v) is 5.64. The molecule has 1 unspecified atom stereocenters. The fourth-order valence-electron chi connectivity index (χ4n) is 0.689. The molecule has 1 aliphatic rings. The van der Waals surface area contributed by atoms with Crippen LogP contribution in [-0.4, -0.2) is 29.2 Å². The summed E-state index contributed by atoms with van der Waals surface area (Å²) in [5.74, 6) is 0. The van der Waals surface area contributed by atoms with E-state index in [-0.39, 0.29) is 0 Å². The van der Waals surface area contributed by atoms with E-state index in [1.54, 1.807) is 0 Å². The Morgan fingerprint density at radius 3 is 2.36 bits per heavy atom. The lowest BCUT2D eigenvalue weighted by molar-refractivity contribution is -0.237. The van der Waals surface area contributed by atoms with Crippen LogP contribution in [0.4, 0.5) is 13.2 Å². The van der Waals surface area contributed by atoms with Gasteiger partial charge in [0.15, 0.2) is 6.61 Å². The molecule has 3 nitrogen and oxygen atoms in total. The molecule has 1 atom stereocenters. The molecule has 1 heterocycles. The first-order chi connectivity index (χ1) is 4.88. The SMILES string of the molecule is CC1=NOCC1(O)C(F)(F)F. The van der Waals surface area contributed by atoms with Crippen molar-refractivity contribution in [2.75, 3.05) is 6.61 Å². The van der Waals surface area contributed by atoms with E-state index >= 15 is 0 Å². The summed E-state index contributed by atoms with van der Waals surface area (Å²) in [7, 11) is 0. The van der Waals surface area contributed by atoms with E-state index in [1.165, 1.54) is 0 Å². The van der Waals surface area contributed by atoms with Gasteiger partial charge in [-0.15, -0.1) is 0 Å². The fraction of sp³-hybridized carbons (Fsp3) is 0.800. The molecular weight excluding hydrogens is 163 g/mol. The van der Waals surface area contributed by atoms with Gasteiger partial charge in [0.1, 0.15) is 0 Å². The van der Waals surface area contributed by atoms with Crippen LogP contribution in [0.2, 0.25) is 0 Å². The van der Waals surface area contributed by atoms with Gasteiger partial charge in [-0.3, -0.25) is 0 Å². The molecule has 0 aromatic carbocycles. The van der Waals surface area contributed by atoms with Gasteiger partial charge in [-0.2, -0.15) is 13.2 Å². The van der Waals surface area contributed by atoms with Crippen LogP contribution in [-0.2, 0) is 4.84 Å². The van der Waals surface area contributed by atoms with Gasteiger partial charge in [-0.1, -0.05) is 5.16 Å². The zero-order valence-electron chi connectivity index (χ0n) is 5.64. The van der Waals surface area contributed by atoms with Crippen molar-refractivity contribution in [2.24, 2.45) is 5.16 Å². The van der Waals surface area contributed by atoms with Crippen molar-refractivity contribution in [2.45, 2.75) is 18.7 Å². The number of nitrogens with zero attached hydrogens (tertiary/aromatic N) is 1. The van der Waals surface area contributed by atoms with E-state index in [0.717, 1.165) is 6.92 Å². The van der Waals surface area contributed by atoms with Crippen molar-refractivity contribution in [1.29, 1.82) is 0 Å². The topological polar surface area (TPSA) is 41.8 Å². The molecule has 0 aliphatic carbocycles. The Morgan fingerprint density at radius 2 is 2.18 bits per heavy atom. The molecule has 0 spiro atoms. The molecule has 64 valence electrons. The van der Waals surface area contributed by atoms with Gasteiger partial charge in [-0.05, 0) is 6.92 Å². The summed E-state index contributed by atoms with van der Waals surface area (Å²) in [5.41, 5.74) is -3.34. The maximum absolute atomic E-state index is 12.0. The minimum absolute atomic E-state index is 0.454. The predicted octanol–water partition coefficient (Wildman–Crippen LogP) is 0.686. The van der Waals surface area contributed by atoms with Gasteiger partial charge in [0.25, 0.3) is 0 Å². The number of oxime groups is 1. The summed E-state index contributed by atoms with van der Waals surface area (Å²) in [6.07, 6.45) is -4.71. The van der Waals surface area contributed by atoms with E-state index < -0.39 is 24.1 Å². The number of hydrogen-bond donors (Lipinski definition) is 1. The monoisotopic (exact) mass is 169 g/mol. The lowest BCUT2D eigenvalue weighted by Gasteiger charge is -2.22. The first-order valence-corrected chi connectivity index (χ1v) is 2.84. The molecule has 11 heavy (non-hydrogen) atoms. The average Bonchev–Trinajstić information content (AvgIpc) is 2.12. The highest BCUT2D eigenvalue weighted by Gasteiger charge is 2.59. The van der Waals surface area contributed by atoms with E-state index in [4.69, 9.17) is 5.11 Å². The van der Waals surface area contributed by atoms with Crippen molar-refractivity contribution < 1.29 is 23.1 Å². The molecule has 1 rings (SSSR count). The molecule has 6 heteroatoms. The average molecular weight is 169 g/mol. The molecular formula is C5H6F3NO2. The maximum Gasteiger partial charge on any atom is 0.426 e. The summed E-state index contributed by atoms with van der Waals surface area (Å²) < 4.78 is 36.0. The summed E-state index contributed by atoms with van der Waals surface area (Å²) in [5, 5.41) is 11.9. The number of alkyl halides is 3. The molecule has 0 fully saturated rings. The van der Waals surface area contributed by atoms with Gasteiger partial charge in [0.05, 0.1) is 5.71 Å². The fourth-order valence-corrected chi connectivity index (χ4v) is 0.689. The standard InChI is InChI=1S/C5H6F3NO2/c1-3-4(10,2-11-9-3)5(6,7)8/h10H,2H2,1H3. The zero-order chi connectivity index (χ0) is 8.70. The largest absolute Gasteiger partial charge is 0.426 e. The van der Waals surface area contributed by atoms with Crippen molar-refractivity contribution in [1.82, 2.24) is 0 Å². The third kappa shape index (κ3) is 1.07. The first-order valence-electron chi connectivity index (χ1n) is 2.84. The summed E-state index contributed by atoms with van der Waals surface area (Å²) in [6, 6.07) is 0. The highest BCUT2D eigenvalue weighted by atomic mass is 19.4. The maximum atomic E-state index is 12.0. The predicted molar refractivity (Wildman–Crippen MR) is 30.1 cm³/mol. The minimum atomic E-state index is -4.71. The first kappa shape index (κ1) is 8.32. The van der Waals surface area contributed by atoms with Gasteiger partial charge >= 0.3 is 6.18 Å². The van der Waals surface area contributed by atoms with E-state index in [0.29, 0.717) is 0 Å². The third-order valence-electron chi connectivity index (χ3n) is 1.54. The number of hydrogen-bond acceptors (Lipinski definition) is 3. The Bertz CT molecular complexity index is 200. The minimum Gasteiger partial charge on any atom is -0.392 e. The van der Waals surface area contributed by atoms with Crippen molar-refractivity contribution in [3.8, 4) is 0 Å². The Kier molecular flexibility index (Phi) is 1.59. The molecule has 0 saturated heterocycles. The highest BCUT2D eigenvalue weighted by molar-refractivity contribution is 5.91. The van der Waals surface area contributed by atoms with Crippen LogP contribution in [0.5, 0.6) is 0 Å². The quantitative estimate of drug-likeness (QED) is 0.579. The normalized spacial score (nSPS) is 31.5. The lowest BCUT2D eigenvalue weighted by atomic mass is 10.0. The Hall–Kier alpha value is -0.780. The van der Waals surface area contributed by atoms with E-state index in [9.17, 15) is 13.2 Å². The third-order valence-corrected chi connectivity index (χ3v) is 1.54. The molecule has 0 aromatic rings. The second-order valence-corrected chi connectivity index (χ2v) is 2.31. The number of halogens is 3. The molecule has 0 radical (unpaired) electrons. The molecule has 1 aliphatic heterocycles. The lowest BCUT2D eigenvalue weighted by Crippen LogP contribution is -2.51. The summed E-state index contributed by atoms with van der Waals surface area (Å²) >= 11 is 0. The molecule has 0 aromatic heterocycles. The van der Waals surface area contributed by atoms with Crippen LogP contribution in [0.15, 0.2) is 5.16 Å². The second-order valence-electron chi connectivity index (χ2n) is 2.31.